The number of unbranched alkanes of at least 4 members (excludes halogenated alkanes) is 1. The van der Waals surface area contributed by atoms with Crippen LogP contribution in [0.1, 0.15) is 51.1 Å². The molecule has 4 rings (SSSR count). The van der Waals surface area contributed by atoms with Gasteiger partial charge in [-0.05, 0) is 74.1 Å². The zero-order valence-electron chi connectivity index (χ0n) is 20.2. The second-order valence-electron chi connectivity index (χ2n) is 8.76. The summed E-state index contributed by atoms with van der Waals surface area (Å²) in [6.45, 7) is 4.61. The van der Waals surface area contributed by atoms with Crippen molar-refractivity contribution in [1.82, 2.24) is 15.0 Å². The van der Waals surface area contributed by atoms with Crippen molar-refractivity contribution in [2.75, 3.05) is 11.9 Å². The highest BCUT2D eigenvalue weighted by Crippen LogP contribution is 2.29. The summed E-state index contributed by atoms with van der Waals surface area (Å²) in [5, 5.41) is 13.6. The molecular formula is C28H32N4O3. The maximum absolute atomic E-state index is 11.1. The first-order chi connectivity index (χ1) is 17.0. The van der Waals surface area contributed by atoms with E-state index in [4.69, 9.17) is 9.84 Å². The number of nitrogens with one attached hydrogen (secondary N) is 2. The number of aliphatic carboxylic acids is 1. The standard InChI is InChI=1S/C28H32N4O3/c1-3-20(28(33)34)9-7-8-16-35-23-14-12-22(13-15-23)25-17-24-26(29-18-30-27(24)32-25)31-19(2)21-10-5-4-6-11-21/h4-6,10-15,17-20H,3,7-9,16H2,1-2H3,(H,33,34)(H2,29,30,31,32)/t19?,20-/m1/s1. The molecular weight excluding hydrogens is 440 g/mol. The topological polar surface area (TPSA) is 100 Å². The van der Waals surface area contributed by atoms with Gasteiger partial charge in [0.2, 0.25) is 0 Å². The van der Waals surface area contributed by atoms with E-state index in [9.17, 15) is 4.79 Å². The fourth-order valence-electron chi connectivity index (χ4n) is 4.16. The van der Waals surface area contributed by atoms with E-state index in [2.05, 4.69) is 45.4 Å². The van der Waals surface area contributed by atoms with Crippen molar-refractivity contribution in [2.24, 2.45) is 5.92 Å². The third-order valence-corrected chi connectivity index (χ3v) is 6.30. The van der Waals surface area contributed by atoms with E-state index in [0.717, 1.165) is 46.7 Å². The van der Waals surface area contributed by atoms with Crippen LogP contribution in [-0.2, 0) is 4.79 Å². The number of hydrogen-bond donors (Lipinski definition) is 3. The molecule has 0 fully saturated rings. The monoisotopic (exact) mass is 472 g/mol. The van der Waals surface area contributed by atoms with Crippen LogP contribution in [0.25, 0.3) is 22.3 Å². The number of nitrogens with zero attached hydrogens (tertiary/aromatic N) is 2. The van der Waals surface area contributed by atoms with E-state index in [1.54, 1.807) is 6.33 Å². The zero-order valence-corrected chi connectivity index (χ0v) is 20.2. The summed E-state index contributed by atoms with van der Waals surface area (Å²) in [6, 6.07) is 20.4. The van der Waals surface area contributed by atoms with E-state index in [-0.39, 0.29) is 12.0 Å². The zero-order chi connectivity index (χ0) is 24.6. The summed E-state index contributed by atoms with van der Waals surface area (Å²) in [5.74, 6) is 0.629. The maximum Gasteiger partial charge on any atom is 0.306 e. The Morgan fingerprint density at radius 3 is 2.57 bits per heavy atom. The van der Waals surface area contributed by atoms with Crippen LogP contribution in [0.5, 0.6) is 5.75 Å². The van der Waals surface area contributed by atoms with Crippen LogP contribution in [0.3, 0.4) is 0 Å². The van der Waals surface area contributed by atoms with Crippen molar-refractivity contribution in [3.05, 3.63) is 72.6 Å². The average molecular weight is 473 g/mol. The van der Waals surface area contributed by atoms with Crippen LogP contribution < -0.4 is 10.1 Å². The number of fused-ring (bicyclic) bond motifs is 1. The number of H-pyrrole nitrogens is 1. The molecule has 0 aliphatic carbocycles. The fraction of sp³-hybridized carbons (Fsp3) is 0.321. The first-order valence-corrected chi connectivity index (χ1v) is 12.2. The molecule has 2 atom stereocenters. The summed E-state index contributed by atoms with van der Waals surface area (Å²) >= 11 is 0. The molecule has 3 N–H and O–H groups in total. The van der Waals surface area contributed by atoms with Crippen molar-refractivity contribution in [2.45, 2.75) is 45.6 Å². The van der Waals surface area contributed by atoms with Gasteiger partial charge in [-0.1, -0.05) is 37.3 Å². The molecule has 7 heteroatoms. The first-order valence-electron chi connectivity index (χ1n) is 12.2. The molecule has 7 nitrogen and oxygen atoms in total. The molecule has 0 aliphatic heterocycles. The lowest BCUT2D eigenvalue weighted by Crippen LogP contribution is -2.12. The smallest absolute Gasteiger partial charge is 0.306 e. The van der Waals surface area contributed by atoms with E-state index in [1.165, 1.54) is 5.56 Å². The van der Waals surface area contributed by atoms with Crippen molar-refractivity contribution in [3.63, 3.8) is 0 Å². The number of aromatic amines is 1. The number of carboxylic acids is 1. The maximum atomic E-state index is 11.1. The molecule has 35 heavy (non-hydrogen) atoms. The van der Waals surface area contributed by atoms with Gasteiger partial charge in [-0.3, -0.25) is 4.79 Å². The van der Waals surface area contributed by atoms with Crippen LogP contribution in [-0.4, -0.2) is 32.6 Å². The van der Waals surface area contributed by atoms with Crippen molar-refractivity contribution in [1.29, 1.82) is 0 Å². The highest BCUT2D eigenvalue weighted by atomic mass is 16.5. The predicted molar refractivity (Wildman–Crippen MR) is 139 cm³/mol. The number of rotatable bonds is 12. The van der Waals surface area contributed by atoms with Crippen LogP contribution >= 0.6 is 0 Å². The second kappa shape index (κ2) is 11.5. The quantitative estimate of drug-likeness (QED) is 0.205. The number of carbonyl (C=O) groups is 1. The minimum Gasteiger partial charge on any atom is -0.494 e. The minimum atomic E-state index is -0.708. The van der Waals surface area contributed by atoms with Gasteiger partial charge >= 0.3 is 5.97 Å². The molecule has 1 unspecified atom stereocenters. The summed E-state index contributed by atoms with van der Waals surface area (Å²) in [4.78, 5) is 23.4. The van der Waals surface area contributed by atoms with Gasteiger partial charge in [-0.25, -0.2) is 9.97 Å². The lowest BCUT2D eigenvalue weighted by Gasteiger charge is -2.15. The third-order valence-electron chi connectivity index (χ3n) is 6.30. The van der Waals surface area contributed by atoms with Crippen molar-refractivity contribution in [3.8, 4) is 17.0 Å². The molecule has 0 bridgehead atoms. The van der Waals surface area contributed by atoms with Gasteiger partial charge in [0.25, 0.3) is 0 Å². The summed E-state index contributed by atoms with van der Waals surface area (Å²) in [5.41, 5.74) is 3.97. The lowest BCUT2D eigenvalue weighted by molar-refractivity contribution is -0.142. The van der Waals surface area contributed by atoms with Gasteiger partial charge in [-0.2, -0.15) is 0 Å². The Kier molecular flexibility index (Phi) is 7.98. The van der Waals surface area contributed by atoms with Gasteiger partial charge in [0.15, 0.2) is 0 Å². The molecule has 2 heterocycles. The molecule has 0 spiro atoms. The van der Waals surface area contributed by atoms with Crippen LogP contribution in [0.2, 0.25) is 0 Å². The van der Waals surface area contributed by atoms with E-state index >= 15 is 0 Å². The Hall–Kier alpha value is -3.87. The predicted octanol–water partition coefficient (Wildman–Crippen LogP) is 6.46. The molecule has 0 saturated heterocycles. The normalized spacial score (nSPS) is 12.9. The number of ether oxygens (including phenoxy) is 1. The van der Waals surface area contributed by atoms with E-state index < -0.39 is 5.97 Å². The Balaban J connectivity index is 1.37. The van der Waals surface area contributed by atoms with Gasteiger partial charge in [0.05, 0.1) is 17.9 Å². The first kappa shape index (κ1) is 24.3. The van der Waals surface area contributed by atoms with Crippen molar-refractivity contribution >= 4 is 22.8 Å². The van der Waals surface area contributed by atoms with Gasteiger partial charge in [0, 0.05) is 11.7 Å². The summed E-state index contributed by atoms with van der Waals surface area (Å²) < 4.78 is 5.85. The van der Waals surface area contributed by atoms with Gasteiger partial charge in [0.1, 0.15) is 23.5 Å². The highest BCUT2D eigenvalue weighted by Gasteiger charge is 2.14. The molecule has 0 radical (unpaired) electrons. The molecule has 2 aromatic carbocycles. The Labute approximate surface area is 205 Å². The molecule has 0 amide bonds. The van der Waals surface area contributed by atoms with Crippen molar-refractivity contribution < 1.29 is 14.6 Å². The molecule has 0 aliphatic rings. The second-order valence-corrected chi connectivity index (χ2v) is 8.76. The number of aromatic nitrogens is 3. The Morgan fingerprint density at radius 1 is 1.09 bits per heavy atom. The molecule has 182 valence electrons. The molecule has 4 aromatic rings. The van der Waals surface area contributed by atoms with Crippen LogP contribution in [0.4, 0.5) is 5.82 Å². The van der Waals surface area contributed by atoms with Gasteiger partial charge in [-0.15, -0.1) is 0 Å². The molecule has 2 aromatic heterocycles. The third kappa shape index (κ3) is 6.18. The molecule has 0 saturated carbocycles. The van der Waals surface area contributed by atoms with Gasteiger partial charge < -0.3 is 20.1 Å². The number of benzene rings is 2. The number of anilines is 1. The van der Waals surface area contributed by atoms with E-state index in [0.29, 0.717) is 19.4 Å². The average Bonchev–Trinajstić information content (AvgIpc) is 3.32. The van der Waals surface area contributed by atoms with E-state index in [1.807, 2.05) is 49.4 Å². The summed E-state index contributed by atoms with van der Waals surface area (Å²) in [7, 11) is 0. The SMILES string of the molecule is CC[C@H](CCCCOc1ccc(-c2cc3c(NC(C)c4ccccc4)ncnc3[nH]2)cc1)C(=O)O. The number of hydrogen-bond acceptors (Lipinski definition) is 5. The number of carboxylic acid groups (broad SMARTS) is 1. The summed E-state index contributed by atoms with van der Waals surface area (Å²) in [6.07, 6.45) is 4.61. The van der Waals surface area contributed by atoms with Crippen LogP contribution in [0.15, 0.2) is 67.0 Å². The fourth-order valence-corrected chi connectivity index (χ4v) is 4.16. The highest BCUT2D eigenvalue weighted by molar-refractivity contribution is 5.91. The minimum absolute atomic E-state index is 0.112. The lowest BCUT2D eigenvalue weighted by atomic mass is 10.00. The largest absolute Gasteiger partial charge is 0.494 e. The van der Waals surface area contributed by atoms with Crippen LogP contribution in [0, 0.1) is 5.92 Å². The Morgan fingerprint density at radius 2 is 1.86 bits per heavy atom. The Bertz CT molecular complexity index is 1240.